The lowest BCUT2D eigenvalue weighted by Gasteiger charge is -2.29. The first kappa shape index (κ1) is 23.6. The molecule has 1 saturated heterocycles. The first-order valence-corrected chi connectivity index (χ1v) is 10.5. The standard InChI is InChI=1S/C21H21F2N7.CHF3/c1-11-18-13(10-16(25-11)30-8-6-24-7-9-30)20-19(12(2)28-29-20)27-21(26-18)17-14(22)4-3-5-15(17)23;2-1(3)4/h3-5,10,24H,6-9H2,1-2H3,(H,26,27)(H,28,29);1H. The Kier molecular flexibility index (Phi) is 6.77. The smallest absolute Gasteiger partial charge is 0.354 e. The quantitative estimate of drug-likeness (QED) is 0.473. The second-order valence-electron chi connectivity index (χ2n) is 7.70. The number of H-pyrrole nitrogens is 1. The Morgan fingerprint density at radius 2 is 1.68 bits per heavy atom. The molecular formula is C22H22F5N7. The van der Waals surface area contributed by atoms with E-state index in [1.165, 1.54) is 18.2 Å². The molecule has 0 bridgehead atoms. The number of alkyl halides is 3. The third kappa shape index (κ3) is 4.72. The first-order valence-electron chi connectivity index (χ1n) is 10.5. The van der Waals surface area contributed by atoms with Crippen molar-refractivity contribution in [3.63, 3.8) is 0 Å². The van der Waals surface area contributed by atoms with Gasteiger partial charge in [-0.05, 0) is 32.0 Å². The molecule has 0 amide bonds. The topological polar surface area (TPSA) is 81.2 Å². The third-order valence-electron chi connectivity index (χ3n) is 5.46. The van der Waals surface area contributed by atoms with Crippen molar-refractivity contribution in [2.75, 3.05) is 36.4 Å². The summed E-state index contributed by atoms with van der Waals surface area (Å²) in [5, 5.41) is 13.9. The number of aromatic amines is 1. The van der Waals surface area contributed by atoms with Crippen LogP contribution in [-0.2, 0) is 0 Å². The summed E-state index contributed by atoms with van der Waals surface area (Å²) in [4.78, 5) is 11.6. The van der Waals surface area contributed by atoms with E-state index in [1.807, 2.05) is 19.9 Å². The van der Waals surface area contributed by atoms with Gasteiger partial charge in [0.1, 0.15) is 29.0 Å². The summed E-state index contributed by atoms with van der Waals surface area (Å²) in [6.07, 6.45) is 0. The lowest BCUT2D eigenvalue weighted by atomic mass is 10.1. The van der Waals surface area contributed by atoms with Crippen LogP contribution in [0.3, 0.4) is 0 Å². The van der Waals surface area contributed by atoms with Crippen LogP contribution in [0.25, 0.3) is 11.3 Å². The number of rotatable bonds is 2. The highest BCUT2D eigenvalue weighted by molar-refractivity contribution is 6.14. The van der Waals surface area contributed by atoms with E-state index in [2.05, 4.69) is 30.7 Å². The van der Waals surface area contributed by atoms with E-state index in [0.29, 0.717) is 22.8 Å². The summed E-state index contributed by atoms with van der Waals surface area (Å²) in [6.45, 7) is 3.52. The van der Waals surface area contributed by atoms with E-state index < -0.39 is 18.3 Å². The second-order valence-corrected chi connectivity index (χ2v) is 7.70. The van der Waals surface area contributed by atoms with Crippen molar-refractivity contribution in [1.82, 2.24) is 20.5 Å². The summed E-state index contributed by atoms with van der Waals surface area (Å²) in [6, 6.07) is 5.73. The number of pyridine rings is 1. The maximum absolute atomic E-state index is 14.5. The van der Waals surface area contributed by atoms with Gasteiger partial charge in [-0.2, -0.15) is 18.3 Å². The molecule has 0 unspecified atom stereocenters. The molecule has 0 spiro atoms. The molecule has 5 rings (SSSR count). The molecule has 4 heterocycles. The predicted octanol–water partition coefficient (Wildman–Crippen LogP) is 4.46. The number of nitrogens with one attached hydrogen (secondary N) is 3. The van der Waals surface area contributed by atoms with Gasteiger partial charge < -0.3 is 15.5 Å². The predicted molar refractivity (Wildman–Crippen MR) is 120 cm³/mol. The minimum absolute atomic E-state index is 0.0925. The number of aryl methyl sites for hydroxylation is 2. The van der Waals surface area contributed by atoms with Crippen molar-refractivity contribution < 1.29 is 22.0 Å². The zero-order chi connectivity index (χ0) is 24.4. The number of nitrogens with zero attached hydrogens (tertiary/aromatic N) is 4. The summed E-state index contributed by atoms with van der Waals surface area (Å²) >= 11 is 0. The van der Waals surface area contributed by atoms with Crippen LogP contribution in [0.5, 0.6) is 0 Å². The number of amidine groups is 1. The van der Waals surface area contributed by atoms with Gasteiger partial charge >= 0.3 is 6.68 Å². The molecule has 3 aromatic rings. The largest absolute Gasteiger partial charge is 0.379 e. The fourth-order valence-corrected chi connectivity index (χ4v) is 3.90. The van der Waals surface area contributed by atoms with Crippen molar-refractivity contribution in [3.05, 3.63) is 52.9 Å². The lowest BCUT2D eigenvalue weighted by molar-refractivity contribution is 0.00819. The van der Waals surface area contributed by atoms with Gasteiger partial charge in [-0.1, -0.05) is 6.07 Å². The molecule has 1 aromatic carbocycles. The van der Waals surface area contributed by atoms with Crippen molar-refractivity contribution in [1.29, 1.82) is 0 Å². The number of benzene rings is 1. The molecular weight excluding hydrogens is 457 g/mol. The van der Waals surface area contributed by atoms with E-state index in [9.17, 15) is 22.0 Å². The minimum Gasteiger partial charge on any atom is -0.354 e. The van der Waals surface area contributed by atoms with Gasteiger partial charge in [-0.15, -0.1) is 0 Å². The monoisotopic (exact) mass is 479 g/mol. The summed E-state index contributed by atoms with van der Waals surface area (Å²) in [5.41, 5.74) is 3.83. The van der Waals surface area contributed by atoms with Gasteiger partial charge in [0.25, 0.3) is 0 Å². The molecule has 0 aliphatic carbocycles. The summed E-state index contributed by atoms with van der Waals surface area (Å²) in [7, 11) is 0. The van der Waals surface area contributed by atoms with Gasteiger partial charge in [-0.25, -0.2) is 18.8 Å². The molecule has 0 atom stereocenters. The Morgan fingerprint density at radius 1 is 1.03 bits per heavy atom. The molecule has 180 valence electrons. The minimum atomic E-state index is -3.67. The van der Waals surface area contributed by atoms with Crippen LogP contribution >= 0.6 is 0 Å². The Hall–Kier alpha value is -3.54. The van der Waals surface area contributed by atoms with E-state index in [1.54, 1.807) is 0 Å². The highest BCUT2D eigenvalue weighted by atomic mass is 19.4. The van der Waals surface area contributed by atoms with Crippen LogP contribution < -0.4 is 15.5 Å². The number of piperazine rings is 1. The molecule has 34 heavy (non-hydrogen) atoms. The molecule has 1 fully saturated rings. The fraction of sp³-hybridized carbons (Fsp3) is 0.318. The van der Waals surface area contributed by atoms with Crippen molar-refractivity contribution in [2.45, 2.75) is 20.5 Å². The molecule has 2 aromatic heterocycles. The van der Waals surface area contributed by atoms with Gasteiger partial charge in [0.05, 0.1) is 28.3 Å². The molecule has 7 nitrogen and oxygen atoms in total. The van der Waals surface area contributed by atoms with Gasteiger partial charge in [0.2, 0.25) is 0 Å². The average molecular weight is 479 g/mol. The van der Waals surface area contributed by atoms with Crippen LogP contribution in [0.1, 0.15) is 17.0 Å². The highest BCUT2D eigenvalue weighted by Crippen LogP contribution is 2.41. The number of fused-ring (bicyclic) bond motifs is 3. The zero-order valence-corrected chi connectivity index (χ0v) is 18.4. The summed E-state index contributed by atoms with van der Waals surface area (Å²) in [5.74, 6) is -0.434. The van der Waals surface area contributed by atoms with Crippen LogP contribution in [0, 0.1) is 25.5 Å². The first-order chi connectivity index (χ1) is 16.3. The van der Waals surface area contributed by atoms with Crippen LogP contribution in [0.4, 0.5) is 39.1 Å². The fourth-order valence-electron chi connectivity index (χ4n) is 3.90. The van der Waals surface area contributed by atoms with Gasteiger partial charge in [0.15, 0.2) is 0 Å². The maximum atomic E-state index is 14.5. The number of anilines is 2. The van der Waals surface area contributed by atoms with Gasteiger partial charge in [-0.3, -0.25) is 5.10 Å². The number of halogens is 5. The highest BCUT2D eigenvalue weighted by Gasteiger charge is 2.27. The molecule has 2 aliphatic rings. The molecule has 3 N–H and O–H groups in total. The van der Waals surface area contributed by atoms with E-state index in [-0.39, 0.29) is 11.4 Å². The SMILES string of the molecule is Cc1nc(N2CCNCC2)cc2c1N=C(c1c(F)cccc1F)Nc1c-2n[nH]c1C.FC(F)F. The van der Waals surface area contributed by atoms with E-state index >= 15 is 0 Å². The van der Waals surface area contributed by atoms with E-state index in [0.717, 1.165) is 43.3 Å². The Balaban J connectivity index is 0.000000636. The molecule has 0 saturated carbocycles. The van der Waals surface area contributed by atoms with Gasteiger partial charge in [0, 0.05) is 31.7 Å². The Bertz CT molecular complexity index is 1200. The molecule has 12 heteroatoms. The van der Waals surface area contributed by atoms with Crippen molar-refractivity contribution >= 4 is 23.0 Å². The third-order valence-corrected chi connectivity index (χ3v) is 5.46. The van der Waals surface area contributed by atoms with Crippen LogP contribution in [-0.4, -0.2) is 53.9 Å². The molecule has 0 radical (unpaired) electrons. The van der Waals surface area contributed by atoms with Crippen molar-refractivity contribution in [2.24, 2.45) is 4.99 Å². The molecule has 2 aliphatic heterocycles. The Labute approximate surface area is 192 Å². The maximum Gasteiger partial charge on any atom is 0.379 e. The number of aliphatic imine (C=N–C) groups is 1. The lowest BCUT2D eigenvalue weighted by Crippen LogP contribution is -2.43. The normalized spacial score (nSPS) is 14.9. The van der Waals surface area contributed by atoms with Crippen LogP contribution in [0.2, 0.25) is 0 Å². The Morgan fingerprint density at radius 3 is 2.32 bits per heavy atom. The number of hydrogen-bond acceptors (Lipinski definition) is 6. The zero-order valence-electron chi connectivity index (χ0n) is 18.4. The number of hydrogen-bond donors (Lipinski definition) is 3. The van der Waals surface area contributed by atoms with E-state index in [4.69, 9.17) is 4.98 Å². The summed E-state index contributed by atoms with van der Waals surface area (Å²) < 4.78 is 58.1. The van der Waals surface area contributed by atoms with Crippen LogP contribution in [0.15, 0.2) is 29.3 Å². The average Bonchev–Trinajstić information content (AvgIpc) is 3.05. The second kappa shape index (κ2) is 9.75. The van der Waals surface area contributed by atoms with Crippen molar-refractivity contribution in [3.8, 4) is 11.3 Å². The number of aromatic nitrogens is 3.